The predicted octanol–water partition coefficient (Wildman–Crippen LogP) is 6.02. The monoisotopic (exact) mass is 364 g/mol. The third kappa shape index (κ3) is 4.03. The van der Waals surface area contributed by atoms with Crippen LogP contribution in [-0.4, -0.2) is 12.9 Å². The summed E-state index contributed by atoms with van der Waals surface area (Å²) in [7, 11) is 1.64. The van der Waals surface area contributed by atoms with Gasteiger partial charge in [-0.05, 0) is 42.0 Å². The highest BCUT2D eigenvalue weighted by Gasteiger charge is 2.11. The quantitative estimate of drug-likeness (QED) is 0.538. The Morgan fingerprint density at radius 1 is 0.923 bits per heavy atom. The molecule has 0 saturated heterocycles. The van der Waals surface area contributed by atoms with Crippen LogP contribution >= 0.6 is 10.7 Å². The highest BCUT2D eigenvalue weighted by Crippen LogP contribution is 2.37. The largest absolute Gasteiger partial charge is 0.355 e. The molecule has 0 bridgehead atoms. The first kappa shape index (κ1) is 18.0. The van der Waals surface area contributed by atoms with E-state index in [0.717, 1.165) is 27.5 Å². The molecular weight excluding hydrogens is 343 g/mol. The number of nitrogens with zero attached hydrogens (tertiary/aromatic N) is 1. The number of hydrogen-bond donors (Lipinski definition) is 1. The number of nitrogens with one attached hydrogen (secondary N) is 1. The van der Waals surface area contributed by atoms with Gasteiger partial charge in [-0.1, -0.05) is 65.6 Å². The van der Waals surface area contributed by atoms with Gasteiger partial charge in [-0.3, -0.25) is 0 Å². The van der Waals surface area contributed by atoms with Crippen LogP contribution in [-0.2, 0) is 0 Å². The highest BCUT2D eigenvalue weighted by molar-refractivity contribution is 8.15. The Hall–Kier alpha value is -2.85. The van der Waals surface area contributed by atoms with Gasteiger partial charge in [-0.2, -0.15) is 0 Å². The van der Waals surface area contributed by atoms with Crippen LogP contribution in [0.25, 0.3) is 5.70 Å². The lowest BCUT2D eigenvalue weighted by molar-refractivity contribution is 0.627. The van der Waals surface area contributed by atoms with E-state index in [1.165, 1.54) is 12.1 Å². The zero-order valence-corrected chi connectivity index (χ0v) is 15.5. The minimum absolute atomic E-state index is 0.259. The molecule has 0 fully saturated rings. The van der Waals surface area contributed by atoms with Gasteiger partial charge in [-0.15, -0.1) is 0 Å². The average molecular weight is 364 g/mol. The minimum atomic E-state index is -0.397. The lowest BCUT2D eigenvalue weighted by atomic mass is 10.1. The molecule has 26 heavy (non-hydrogen) atoms. The third-order valence-corrected chi connectivity index (χ3v) is 5.81. The van der Waals surface area contributed by atoms with Crippen molar-refractivity contribution in [2.24, 2.45) is 0 Å². The summed E-state index contributed by atoms with van der Waals surface area (Å²) >= 11 is 0. The minimum Gasteiger partial charge on any atom is -0.355 e. The maximum absolute atomic E-state index is 13.1. The first-order chi connectivity index (χ1) is 12.6. The molecule has 1 unspecified atom stereocenters. The number of para-hydroxylation sites is 2. The van der Waals surface area contributed by atoms with Crippen molar-refractivity contribution < 1.29 is 4.39 Å². The van der Waals surface area contributed by atoms with Crippen LogP contribution < -0.4 is 9.62 Å². The SMILES string of the molecule is C=C(Nc1ccccc1S(=C)N(C)c1ccccc1)c1ccc(F)cc1. The fourth-order valence-electron chi connectivity index (χ4n) is 2.57. The number of hydrogen-bond acceptors (Lipinski definition) is 2. The first-order valence-electron chi connectivity index (χ1n) is 8.20. The van der Waals surface area contributed by atoms with Crippen LogP contribution in [0, 0.1) is 5.82 Å². The molecule has 3 aromatic rings. The molecule has 0 heterocycles. The molecule has 132 valence electrons. The second-order valence-electron chi connectivity index (χ2n) is 5.80. The highest BCUT2D eigenvalue weighted by atomic mass is 32.2. The normalized spacial score (nSPS) is 11.6. The molecule has 0 aliphatic heterocycles. The van der Waals surface area contributed by atoms with E-state index >= 15 is 0 Å². The molecule has 0 aliphatic rings. The molecule has 1 atom stereocenters. The molecule has 3 aromatic carbocycles. The zero-order valence-electron chi connectivity index (χ0n) is 14.7. The van der Waals surface area contributed by atoms with Gasteiger partial charge >= 0.3 is 0 Å². The lowest BCUT2D eigenvalue weighted by Gasteiger charge is -2.25. The Labute approximate surface area is 156 Å². The van der Waals surface area contributed by atoms with Gasteiger partial charge in [0, 0.05) is 23.3 Å². The van der Waals surface area contributed by atoms with Gasteiger partial charge in [0.1, 0.15) is 5.82 Å². The summed E-state index contributed by atoms with van der Waals surface area (Å²) in [4.78, 5) is 1.09. The van der Waals surface area contributed by atoms with E-state index in [1.54, 1.807) is 12.1 Å². The maximum Gasteiger partial charge on any atom is 0.123 e. The second-order valence-corrected chi connectivity index (χ2v) is 7.52. The Morgan fingerprint density at radius 2 is 1.54 bits per heavy atom. The molecule has 1 N–H and O–H groups in total. The molecule has 0 spiro atoms. The summed E-state index contributed by atoms with van der Waals surface area (Å²) in [6.45, 7) is 4.09. The molecule has 3 rings (SSSR count). The number of rotatable bonds is 6. The van der Waals surface area contributed by atoms with E-state index in [-0.39, 0.29) is 5.82 Å². The van der Waals surface area contributed by atoms with Gasteiger partial charge in [0.15, 0.2) is 0 Å². The van der Waals surface area contributed by atoms with Crippen molar-refractivity contribution in [2.75, 3.05) is 16.7 Å². The van der Waals surface area contributed by atoms with Crippen molar-refractivity contribution >= 4 is 33.6 Å². The van der Waals surface area contributed by atoms with Gasteiger partial charge in [-0.25, -0.2) is 4.39 Å². The van der Waals surface area contributed by atoms with Crippen molar-refractivity contribution in [2.45, 2.75) is 4.90 Å². The molecule has 4 heteroatoms. The van der Waals surface area contributed by atoms with Crippen molar-refractivity contribution in [1.82, 2.24) is 0 Å². The molecule has 2 nitrogen and oxygen atoms in total. The van der Waals surface area contributed by atoms with E-state index in [2.05, 4.69) is 40.3 Å². The number of anilines is 2. The van der Waals surface area contributed by atoms with E-state index < -0.39 is 10.7 Å². The molecule has 0 aromatic heterocycles. The molecule has 0 radical (unpaired) electrons. The molecule has 0 saturated carbocycles. The predicted molar refractivity (Wildman–Crippen MR) is 113 cm³/mol. The van der Waals surface area contributed by atoms with Crippen molar-refractivity contribution in [1.29, 1.82) is 0 Å². The van der Waals surface area contributed by atoms with Crippen molar-refractivity contribution in [3.05, 3.63) is 96.8 Å². The maximum atomic E-state index is 13.1. The Bertz CT molecular complexity index is 920. The fourth-order valence-corrected chi connectivity index (χ4v) is 3.85. The van der Waals surface area contributed by atoms with E-state index in [1.807, 2.05) is 43.4 Å². The molecular formula is C22H21FN2S. The van der Waals surface area contributed by atoms with Crippen LogP contribution in [0.4, 0.5) is 15.8 Å². The zero-order chi connectivity index (χ0) is 18.5. The van der Waals surface area contributed by atoms with Crippen LogP contribution in [0.2, 0.25) is 0 Å². The first-order valence-corrected chi connectivity index (χ1v) is 9.55. The smallest absolute Gasteiger partial charge is 0.123 e. The average Bonchev–Trinajstić information content (AvgIpc) is 2.68. The summed E-state index contributed by atoms with van der Waals surface area (Å²) in [5, 5.41) is 3.36. The topological polar surface area (TPSA) is 15.3 Å². The third-order valence-electron chi connectivity index (χ3n) is 4.07. The molecule has 0 amide bonds. The van der Waals surface area contributed by atoms with Crippen LogP contribution in [0.15, 0.2) is 90.3 Å². The Morgan fingerprint density at radius 3 is 2.23 bits per heavy atom. The van der Waals surface area contributed by atoms with Crippen LogP contribution in [0.3, 0.4) is 0 Å². The number of benzene rings is 3. The van der Waals surface area contributed by atoms with Gasteiger partial charge in [0.25, 0.3) is 0 Å². The lowest BCUT2D eigenvalue weighted by Crippen LogP contribution is -2.10. The van der Waals surface area contributed by atoms with E-state index in [0.29, 0.717) is 0 Å². The summed E-state index contributed by atoms with van der Waals surface area (Å²) in [6.07, 6.45) is 0. The molecule has 0 aliphatic carbocycles. The summed E-state index contributed by atoms with van der Waals surface area (Å²) in [5.41, 5.74) is 3.62. The second kappa shape index (κ2) is 8.02. The van der Waals surface area contributed by atoms with Crippen molar-refractivity contribution in [3.8, 4) is 0 Å². The van der Waals surface area contributed by atoms with Gasteiger partial charge in [0.2, 0.25) is 0 Å². The summed E-state index contributed by atoms with van der Waals surface area (Å²) in [6, 6.07) is 24.5. The van der Waals surface area contributed by atoms with Crippen LogP contribution in [0.5, 0.6) is 0 Å². The van der Waals surface area contributed by atoms with Crippen molar-refractivity contribution in [3.63, 3.8) is 0 Å². The van der Waals surface area contributed by atoms with Crippen LogP contribution in [0.1, 0.15) is 5.56 Å². The van der Waals surface area contributed by atoms with Gasteiger partial charge < -0.3 is 9.62 Å². The Kier molecular flexibility index (Phi) is 5.54. The summed E-state index contributed by atoms with van der Waals surface area (Å²) in [5.74, 6) is 4.11. The van der Waals surface area contributed by atoms with E-state index in [4.69, 9.17) is 0 Å². The summed E-state index contributed by atoms with van der Waals surface area (Å²) < 4.78 is 15.3. The standard InChI is InChI=1S/C22H21FN2S/c1-17(18-13-15-19(23)16-14-18)24-21-11-7-8-12-22(21)26(3)25(2)20-9-5-4-6-10-20/h4-16,24H,1,3H2,2H3. The fraction of sp³-hybridized carbons (Fsp3) is 0.0455. The van der Waals surface area contributed by atoms with Gasteiger partial charge in [0.05, 0.1) is 5.69 Å². The Balaban J connectivity index is 1.85. The van der Waals surface area contributed by atoms with E-state index in [9.17, 15) is 4.39 Å². The number of halogens is 1.